The maximum Gasteiger partial charge on any atom is 0.0541 e. The third-order valence-corrected chi connectivity index (χ3v) is 11.1. The van der Waals surface area contributed by atoms with Gasteiger partial charge in [0.1, 0.15) is 0 Å². The summed E-state index contributed by atoms with van der Waals surface area (Å²) in [6, 6.07) is 70.3. The molecule has 10 aromatic rings. The molecule has 0 saturated heterocycles. The lowest BCUT2D eigenvalue weighted by Crippen LogP contribution is -2.09. The van der Waals surface area contributed by atoms with Crippen LogP contribution in [-0.2, 0) is 0 Å². The molecule has 0 radical (unpaired) electrons. The topological polar surface area (TPSA) is 8.17 Å². The minimum absolute atomic E-state index is 1.13. The van der Waals surface area contributed by atoms with E-state index < -0.39 is 0 Å². The largest absolute Gasteiger partial charge is 0.310 e. The lowest BCUT2D eigenvalue weighted by atomic mass is 10.0. The van der Waals surface area contributed by atoms with Gasteiger partial charge in [-0.25, -0.2) is 0 Å². The van der Waals surface area contributed by atoms with Crippen molar-refractivity contribution in [1.82, 2.24) is 4.57 Å². The predicted molar refractivity (Wildman–Crippen MR) is 219 cm³/mol. The van der Waals surface area contributed by atoms with Crippen LogP contribution in [0, 0.1) is 0 Å². The minimum atomic E-state index is 1.13. The Hall–Kier alpha value is -6.42. The van der Waals surface area contributed by atoms with Crippen molar-refractivity contribution in [2.45, 2.75) is 0 Å². The van der Waals surface area contributed by atoms with Gasteiger partial charge in [-0.3, -0.25) is 0 Å². The highest BCUT2D eigenvalue weighted by molar-refractivity contribution is 7.25. The number of fused-ring (bicyclic) bond motifs is 6. The van der Waals surface area contributed by atoms with Crippen LogP contribution in [0.2, 0.25) is 0 Å². The smallest absolute Gasteiger partial charge is 0.0541 e. The van der Waals surface area contributed by atoms with E-state index in [1.54, 1.807) is 0 Å². The van der Waals surface area contributed by atoms with Crippen molar-refractivity contribution in [3.05, 3.63) is 194 Å². The fourth-order valence-electron chi connectivity index (χ4n) is 7.54. The first-order chi connectivity index (χ1) is 25.3. The molecule has 51 heavy (non-hydrogen) atoms. The molecule has 0 saturated carbocycles. The number of para-hydroxylation sites is 2. The monoisotopic (exact) mass is 668 g/mol. The molecule has 2 heterocycles. The average molecular weight is 669 g/mol. The molecule has 0 N–H and O–H groups in total. The SMILES string of the molecule is c1ccc(-c2ccc(-n3c4ccccc4c4cc(-c5ccc(N(c6ccccc6)c6ccc7sc8ccccc8c7c6)cc5)ccc43)cc2)cc1. The number of hydrogen-bond acceptors (Lipinski definition) is 2. The van der Waals surface area contributed by atoms with Crippen molar-refractivity contribution < 1.29 is 0 Å². The number of hydrogen-bond donors (Lipinski definition) is 0. The van der Waals surface area contributed by atoms with Crippen LogP contribution in [0.4, 0.5) is 17.1 Å². The van der Waals surface area contributed by atoms with Crippen LogP contribution in [0.3, 0.4) is 0 Å². The second kappa shape index (κ2) is 12.2. The zero-order chi connectivity index (χ0) is 33.7. The van der Waals surface area contributed by atoms with Crippen LogP contribution >= 0.6 is 11.3 Å². The summed E-state index contributed by atoms with van der Waals surface area (Å²) < 4.78 is 5.02. The molecule has 2 aromatic heterocycles. The molecular weight excluding hydrogens is 637 g/mol. The van der Waals surface area contributed by atoms with Crippen molar-refractivity contribution in [3.8, 4) is 27.9 Å². The zero-order valence-corrected chi connectivity index (χ0v) is 28.6. The van der Waals surface area contributed by atoms with Crippen molar-refractivity contribution in [2.24, 2.45) is 0 Å². The summed E-state index contributed by atoms with van der Waals surface area (Å²) in [5, 5.41) is 5.11. The molecule has 0 aliphatic rings. The highest BCUT2D eigenvalue weighted by atomic mass is 32.1. The van der Waals surface area contributed by atoms with Gasteiger partial charge in [0, 0.05) is 53.7 Å². The van der Waals surface area contributed by atoms with Crippen LogP contribution in [0.1, 0.15) is 0 Å². The fraction of sp³-hybridized carbons (Fsp3) is 0. The van der Waals surface area contributed by atoms with Crippen molar-refractivity contribution in [1.29, 1.82) is 0 Å². The van der Waals surface area contributed by atoms with Gasteiger partial charge in [-0.1, -0.05) is 115 Å². The molecule has 0 amide bonds. The Balaban J connectivity index is 1.04. The van der Waals surface area contributed by atoms with Gasteiger partial charge < -0.3 is 9.47 Å². The quantitative estimate of drug-likeness (QED) is 0.171. The Labute approximate surface area is 300 Å². The van der Waals surface area contributed by atoms with E-state index in [0.29, 0.717) is 0 Å². The Morgan fingerprint density at radius 3 is 1.69 bits per heavy atom. The van der Waals surface area contributed by atoms with Gasteiger partial charge >= 0.3 is 0 Å². The molecule has 0 spiro atoms. The van der Waals surface area contributed by atoms with Gasteiger partial charge in [-0.05, 0) is 101 Å². The molecule has 2 nitrogen and oxygen atoms in total. The molecule has 0 aliphatic heterocycles. The van der Waals surface area contributed by atoms with Gasteiger partial charge in [0.2, 0.25) is 0 Å². The van der Waals surface area contributed by atoms with Gasteiger partial charge in [-0.15, -0.1) is 11.3 Å². The molecule has 0 unspecified atom stereocenters. The molecule has 240 valence electrons. The lowest BCUT2D eigenvalue weighted by molar-refractivity contribution is 1.18. The average Bonchev–Trinajstić information content (AvgIpc) is 3.74. The molecule has 10 rings (SSSR count). The second-order valence-corrected chi connectivity index (χ2v) is 14.1. The van der Waals surface area contributed by atoms with Gasteiger partial charge in [0.05, 0.1) is 11.0 Å². The molecule has 8 aromatic carbocycles. The van der Waals surface area contributed by atoms with Crippen LogP contribution in [0.5, 0.6) is 0 Å². The Morgan fingerprint density at radius 2 is 0.882 bits per heavy atom. The van der Waals surface area contributed by atoms with Crippen LogP contribution in [0.25, 0.3) is 69.9 Å². The van der Waals surface area contributed by atoms with Crippen molar-refractivity contribution >= 4 is 70.4 Å². The fourth-order valence-corrected chi connectivity index (χ4v) is 8.63. The first kappa shape index (κ1) is 29.5. The molecule has 0 aliphatic carbocycles. The Kier molecular flexibility index (Phi) is 7.04. The number of nitrogens with zero attached hydrogens (tertiary/aromatic N) is 2. The molecular formula is C48H32N2S. The number of rotatable bonds is 6. The highest BCUT2D eigenvalue weighted by Crippen LogP contribution is 2.41. The van der Waals surface area contributed by atoms with Gasteiger partial charge in [0.15, 0.2) is 0 Å². The van der Waals surface area contributed by atoms with E-state index >= 15 is 0 Å². The summed E-state index contributed by atoms with van der Waals surface area (Å²) in [6.07, 6.45) is 0. The maximum atomic E-state index is 2.39. The molecule has 0 atom stereocenters. The van der Waals surface area contributed by atoms with E-state index in [1.165, 1.54) is 64.2 Å². The lowest BCUT2D eigenvalue weighted by Gasteiger charge is -2.26. The molecule has 0 fully saturated rings. The Morgan fingerprint density at radius 1 is 0.333 bits per heavy atom. The maximum absolute atomic E-state index is 2.39. The van der Waals surface area contributed by atoms with E-state index in [-0.39, 0.29) is 0 Å². The van der Waals surface area contributed by atoms with Crippen LogP contribution in [0.15, 0.2) is 194 Å². The zero-order valence-electron chi connectivity index (χ0n) is 27.8. The highest BCUT2D eigenvalue weighted by Gasteiger charge is 2.16. The number of thiophene rings is 1. The number of benzene rings is 8. The van der Waals surface area contributed by atoms with E-state index in [0.717, 1.165) is 22.7 Å². The predicted octanol–water partition coefficient (Wildman–Crippen LogP) is 14.0. The number of aromatic nitrogens is 1. The van der Waals surface area contributed by atoms with E-state index in [4.69, 9.17) is 0 Å². The third-order valence-electron chi connectivity index (χ3n) is 10.00. The van der Waals surface area contributed by atoms with Crippen LogP contribution < -0.4 is 4.90 Å². The minimum Gasteiger partial charge on any atom is -0.310 e. The normalized spacial score (nSPS) is 11.5. The Bertz CT molecular complexity index is 2830. The molecule has 0 bridgehead atoms. The standard InChI is InChI=1S/C48H32N2S/c1-3-11-33(12-4-1)34-19-26-39(27-20-34)50-45-17-9-7-15-41(45)43-31-36(23-29-46(43)50)35-21-24-38(25-22-35)49(37-13-5-2-6-14-37)40-28-30-48-44(32-40)42-16-8-10-18-47(42)51-48/h1-32H. The summed E-state index contributed by atoms with van der Waals surface area (Å²) >= 11 is 1.85. The summed E-state index contributed by atoms with van der Waals surface area (Å²) in [5.41, 5.74) is 11.8. The van der Waals surface area contributed by atoms with Gasteiger partial charge in [0.25, 0.3) is 0 Å². The van der Waals surface area contributed by atoms with Crippen molar-refractivity contribution in [2.75, 3.05) is 4.90 Å². The summed E-state index contributed by atoms with van der Waals surface area (Å²) in [7, 11) is 0. The summed E-state index contributed by atoms with van der Waals surface area (Å²) in [6.45, 7) is 0. The summed E-state index contributed by atoms with van der Waals surface area (Å²) in [4.78, 5) is 2.36. The van der Waals surface area contributed by atoms with E-state index in [9.17, 15) is 0 Å². The van der Waals surface area contributed by atoms with Crippen LogP contribution in [-0.4, -0.2) is 4.57 Å². The van der Waals surface area contributed by atoms with E-state index in [1.807, 2.05) is 11.3 Å². The van der Waals surface area contributed by atoms with Gasteiger partial charge in [-0.2, -0.15) is 0 Å². The molecule has 3 heteroatoms. The number of anilines is 3. The third kappa shape index (κ3) is 5.10. The first-order valence-corrected chi connectivity index (χ1v) is 18.2. The second-order valence-electron chi connectivity index (χ2n) is 13.0. The summed E-state index contributed by atoms with van der Waals surface area (Å²) in [5.74, 6) is 0. The van der Waals surface area contributed by atoms with Crippen molar-refractivity contribution in [3.63, 3.8) is 0 Å². The van der Waals surface area contributed by atoms with E-state index in [2.05, 4.69) is 204 Å². The first-order valence-electron chi connectivity index (χ1n) is 17.3.